The second-order valence-electron chi connectivity index (χ2n) is 9.24. The Bertz CT molecular complexity index is 1350. The SMILES string of the molecule is O=C(O)c1coc(Cn2c(=O)c3cc(F)c(NC4CCCCC4)cc3n(C3CCCC3)c2=O)n1. The summed E-state index contributed by atoms with van der Waals surface area (Å²) in [5.41, 5.74) is -0.787. The molecular formula is C24H27FN4O5. The first-order valence-electron chi connectivity index (χ1n) is 11.8. The van der Waals surface area contributed by atoms with Gasteiger partial charge < -0.3 is 14.8 Å². The van der Waals surface area contributed by atoms with Crippen LogP contribution in [0, 0.1) is 5.82 Å². The molecule has 0 unspecified atom stereocenters. The number of fused-ring (bicyclic) bond motifs is 1. The largest absolute Gasteiger partial charge is 0.476 e. The maximum Gasteiger partial charge on any atom is 0.357 e. The Hall–Kier alpha value is -3.43. The van der Waals surface area contributed by atoms with Crippen molar-refractivity contribution in [3.05, 3.63) is 56.6 Å². The van der Waals surface area contributed by atoms with Gasteiger partial charge in [0.05, 0.1) is 16.6 Å². The molecule has 2 N–H and O–H groups in total. The van der Waals surface area contributed by atoms with Gasteiger partial charge in [0.25, 0.3) is 5.56 Å². The number of oxazole rings is 1. The third-order valence-electron chi connectivity index (χ3n) is 6.98. The molecule has 10 heteroatoms. The van der Waals surface area contributed by atoms with Crippen LogP contribution >= 0.6 is 0 Å². The number of carboxylic acids is 1. The number of anilines is 1. The van der Waals surface area contributed by atoms with Crippen LogP contribution in [0.4, 0.5) is 10.1 Å². The van der Waals surface area contributed by atoms with Crippen molar-refractivity contribution in [2.24, 2.45) is 0 Å². The van der Waals surface area contributed by atoms with Crippen molar-refractivity contribution in [3.63, 3.8) is 0 Å². The van der Waals surface area contributed by atoms with E-state index in [2.05, 4.69) is 10.3 Å². The first-order chi connectivity index (χ1) is 16.4. The number of hydrogen-bond donors (Lipinski definition) is 2. The van der Waals surface area contributed by atoms with Crippen molar-refractivity contribution >= 4 is 22.6 Å². The molecule has 0 radical (unpaired) electrons. The second-order valence-corrected chi connectivity index (χ2v) is 9.24. The van der Waals surface area contributed by atoms with Crippen molar-refractivity contribution < 1.29 is 18.7 Å². The van der Waals surface area contributed by atoms with E-state index in [-0.39, 0.29) is 35.6 Å². The number of aromatic carboxylic acids is 1. The smallest absolute Gasteiger partial charge is 0.357 e. The van der Waals surface area contributed by atoms with E-state index in [0.29, 0.717) is 11.2 Å². The molecule has 0 atom stereocenters. The van der Waals surface area contributed by atoms with Gasteiger partial charge in [0.2, 0.25) is 5.89 Å². The highest BCUT2D eigenvalue weighted by atomic mass is 19.1. The highest BCUT2D eigenvalue weighted by Gasteiger charge is 2.25. The summed E-state index contributed by atoms with van der Waals surface area (Å²) in [4.78, 5) is 41.8. The summed E-state index contributed by atoms with van der Waals surface area (Å²) in [6, 6.07) is 2.86. The molecule has 0 saturated heterocycles. The Kier molecular flexibility index (Phi) is 5.97. The van der Waals surface area contributed by atoms with Gasteiger partial charge in [-0.1, -0.05) is 32.1 Å². The average Bonchev–Trinajstić information content (AvgIpc) is 3.51. The third-order valence-corrected chi connectivity index (χ3v) is 6.98. The second kappa shape index (κ2) is 9.08. The van der Waals surface area contributed by atoms with Gasteiger partial charge in [-0.15, -0.1) is 0 Å². The van der Waals surface area contributed by atoms with Gasteiger partial charge in [-0.25, -0.2) is 19.0 Å². The maximum atomic E-state index is 15.1. The van der Waals surface area contributed by atoms with Crippen LogP contribution < -0.4 is 16.6 Å². The summed E-state index contributed by atoms with van der Waals surface area (Å²) in [6.45, 7) is -0.336. The average molecular weight is 471 g/mol. The molecule has 1 aromatic carbocycles. The van der Waals surface area contributed by atoms with Crippen molar-refractivity contribution in [2.45, 2.75) is 76.4 Å². The lowest BCUT2D eigenvalue weighted by Gasteiger charge is -2.25. The molecule has 3 aromatic rings. The van der Waals surface area contributed by atoms with E-state index in [4.69, 9.17) is 9.52 Å². The fourth-order valence-corrected chi connectivity index (χ4v) is 5.25. The van der Waals surface area contributed by atoms with Crippen LogP contribution in [-0.2, 0) is 6.54 Å². The number of benzene rings is 1. The molecule has 2 aliphatic rings. The van der Waals surface area contributed by atoms with Crippen LogP contribution in [0.25, 0.3) is 10.9 Å². The monoisotopic (exact) mass is 470 g/mol. The molecule has 2 aliphatic carbocycles. The third kappa shape index (κ3) is 4.12. The number of aromatic nitrogens is 3. The van der Waals surface area contributed by atoms with Crippen LogP contribution in [-0.4, -0.2) is 31.2 Å². The van der Waals surface area contributed by atoms with Crippen molar-refractivity contribution in [1.82, 2.24) is 14.1 Å². The summed E-state index contributed by atoms with van der Waals surface area (Å²) >= 11 is 0. The Balaban J connectivity index is 1.63. The molecule has 0 bridgehead atoms. The van der Waals surface area contributed by atoms with E-state index in [1.807, 2.05) is 0 Å². The normalized spacial score (nSPS) is 17.4. The van der Waals surface area contributed by atoms with E-state index in [1.54, 1.807) is 10.6 Å². The Labute approximate surface area is 194 Å². The minimum absolute atomic E-state index is 0.0787. The van der Waals surface area contributed by atoms with E-state index < -0.39 is 23.0 Å². The van der Waals surface area contributed by atoms with Crippen molar-refractivity contribution in [1.29, 1.82) is 0 Å². The lowest BCUT2D eigenvalue weighted by Crippen LogP contribution is -2.41. The van der Waals surface area contributed by atoms with Gasteiger partial charge in [0, 0.05) is 12.1 Å². The zero-order valence-corrected chi connectivity index (χ0v) is 18.8. The number of rotatable bonds is 6. The topological polar surface area (TPSA) is 119 Å². The molecule has 0 aliphatic heterocycles. The van der Waals surface area contributed by atoms with E-state index in [9.17, 15) is 14.4 Å². The van der Waals surface area contributed by atoms with Crippen molar-refractivity contribution in [3.8, 4) is 0 Å². The quantitative estimate of drug-likeness (QED) is 0.561. The molecule has 0 spiro atoms. The molecule has 9 nitrogen and oxygen atoms in total. The van der Waals surface area contributed by atoms with Gasteiger partial charge in [-0.3, -0.25) is 13.9 Å². The number of halogens is 1. The minimum atomic E-state index is -1.27. The molecule has 2 aromatic heterocycles. The van der Waals surface area contributed by atoms with Crippen LogP contribution in [0.2, 0.25) is 0 Å². The van der Waals surface area contributed by atoms with Gasteiger partial charge in [0.15, 0.2) is 5.69 Å². The number of nitrogens with one attached hydrogen (secondary N) is 1. The predicted octanol–water partition coefficient (Wildman–Crippen LogP) is 3.90. The zero-order valence-electron chi connectivity index (χ0n) is 18.8. The lowest BCUT2D eigenvalue weighted by molar-refractivity contribution is 0.0690. The van der Waals surface area contributed by atoms with Crippen LogP contribution in [0.15, 0.2) is 32.4 Å². The Morgan fingerprint density at radius 1 is 1.12 bits per heavy atom. The zero-order chi connectivity index (χ0) is 23.8. The van der Waals surface area contributed by atoms with Gasteiger partial charge in [0.1, 0.15) is 18.6 Å². The lowest BCUT2D eigenvalue weighted by atomic mass is 9.95. The Morgan fingerprint density at radius 3 is 2.50 bits per heavy atom. The number of hydrogen-bond acceptors (Lipinski definition) is 6. The highest BCUT2D eigenvalue weighted by molar-refractivity contribution is 5.84. The molecule has 34 heavy (non-hydrogen) atoms. The van der Waals surface area contributed by atoms with E-state index >= 15 is 4.39 Å². The summed E-state index contributed by atoms with van der Waals surface area (Å²) in [5, 5.41) is 12.5. The summed E-state index contributed by atoms with van der Waals surface area (Å²) < 4.78 is 22.8. The minimum Gasteiger partial charge on any atom is -0.476 e. The molecule has 2 saturated carbocycles. The van der Waals surface area contributed by atoms with Gasteiger partial charge in [-0.2, -0.15) is 0 Å². The fourth-order valence-electron chi connectivity index (χ4n) is 5.25. The summed E-state index contributed by atoms with van der Waals surface area (Å²) in [6.07, 6.45) is 9.76. The van der Waals surface area contributed by atoms with Crippen LogP contribution in [0.1, 0.15) is 80.2 Å². The maximum absolute atomic E-state index is 15.1. The standard InChI is InChI=1S/C24H27FN4O5/c25-17-10-16-20(11-18(17)26-14-6-2-1-3-7-14)29(15-8-4-5-9-15)24(33)28(22(16)30)12-21-27-19(13-34-21)23(31)32/h10-11,13-15,26H,1-9,12H2,(H,31,32). The highest BCUT2D eigenvalue weighted by Crippen LogP contribution is 2.32. The first kappa shape index (κ1) is 22.4. The molecule has 0 amide bonds. The molecular weight excluding hydrogens is 443 g/mol. The fraction of sp³-hybridized carbons (Fsp3) is 0.500. The predicted molar refractivity (Wildman–Crippen MR) is 123 cm³/mol. The Morgan fingerprint density at radius 2 is 1.82 bits per heavy atom. The van der Waals surface area contributed by atoms with Gasteiger partial charge >= 0.3 is 11.7 Å². The van der Waals surface area contributed by atoms with Crippen LogP contribution in [0.5, 0.6) is 0 Å². The number of carboxylic acid groups (broad SMARTS) is 1. The number of nitrogens with zero attached hydrogens (tertiary/aromatic N) is 3. The molecule has 2 heterocycles. The number of carbonyl (C=O) groups is 1. The van der Waals surface area contributed by atoms with Crippen molar-refractivity contribution in [2.75, 3.05) is 5.32 Å². The molecule has 180 valence electrons. The van der Waals surface area contributed by atoms with Gasteiger partial charge in [-0.05, 0) is 37.8 Å². The van der Waals surface area contributed by atoms with E-state index in [1.165, 1.54) is 12.5 Å². The molecule has 2 fully saturated rings. The summed E-state index contributed by atoms with van der Waals surface area (Å²) in [7, 11) is 0. The summed E-state index contributed by atoms with van der Waals surface area (Å²) in [5.74, 6) is -1.89. The molecule has 5 rings (SSSR count). The first-order valence-corrected chi connectivity index (χ1v) is 11.8. The van der Waals surface area contributed by atoms with Crippen LogP contribution in [0.3, 0.4) is 0 Å². The van der Waals surface area contributed by atoms with E-state index in [0.717, 1.165) is 62.2 Å².